The van der Waals surface area contributed by atoms with Gasteiger partial charge in [0.25, 0.3) is 0 Å². The van der Waals surface area contributed by atoms with Crippen LogP contribution >= 0.6 is 0 Å². The molecule has 1 unspecified atom stereocenters. The minimum absolute atomic E-state index is 0.00242. The predicted molar refractivity (Wildman–Crippen MR) is 85.5 cm³/mol. The smallest absolute Gasteiger partial charge is 0.303 e. The monoisotopic (exact) mass is 324 g/mol. The lowest BCUT2D eigenvalue weighted by Crippen LogP contribution is -2.37. The summed E-state index contributed by atoms with van der Waals surface area (Å²) in [5, 5.41) is 9.82. The lowest BCUT2D eigenvalue weighted by molar-refractivity contribution is -0.157. The molecule has 0 spiro atoms. The van der Waals surface area contributed by atoms with E-state index in [1.165, 1.54) is 25.0 Å². The highest BCUT2D eigenvalue weighted by Gasteiger charge is 2.59. The summed E-state index contributed by atoms with van der Waals surface area (Å²) in [6, 6.07) is 0. The minimum atomic E-state index is -0.565. The first kappa shape index (κ1) is 18.0. The Morgan fingerprint density at radius 2 is 1.96 bits per heavy atom. The number of esters is 2. The number of rotatable bonds is 6. The van der Waals surface area contributed by atoms with Crippen molar-refractivity contribution >= 4 is 11.9 Å². The standard InChI is InChI=1S/C18H28O5/c1-11-6-7-14(17(4,5)23-13(3)21)16(11)15-8-18(15,9-19)10-22-12(2)20/h14-15,19H,6-10H2,1-5H3/t14-,15-,18?/m0/s1. The molecule has 2 aliphatic rings. The molecule has 0 radical (unpaired) electrons. The molecule has 2 aliphatic carbocycles. The highest BCUT2D eigenvalue weighted by atomic mass is 16.6. The van der Waals surface area contributed by atoms with Gasteiger partial charge in [-0.15, -0.1) is 0 Å². The van der Waals surface area contributed by atoms with Gasteiger partial charge in [0.05, 0.1) is 13.2 Å². The molecule has 0 heterocycles. The van der Waals surface area contributed by atoms with Crippen molar-refractivity contribution in [1.29, 1.82) is 0 Å². The largest absolute Gasteiger partial charge is 0.465 e. The molecule has 0 aromatic rings. The maximum Gasteiger partial charge on any atom is 0.303 e. The van der Waals surface area contributed by atoms with Crippen molar-refractivity contribution in [3.05, 3.63) is 11.1 Å². The van der Waals surface area contributed by atoms with E-state index < -0.39 is 5.60 Å². The van der Waals surface area contributed by atoms with Crippen LogP contribution in [0.5, 0.6) is 0 Å². The third-order valence-electron chi connectivity index (χ3n) is 5.37. The Bertz CT molecular complexity index is 534. The Labute approximate surface area is 138 Å². The molecule has 5 heteroatoms. The van der Waals surface area contributed by atoms with Crippen molar-refractivity contribution in [1.82, 2.24) is 0 Å². The zero-order chi connectivity index (χ0) is 17.4. The van der Waals surface area contributed by atoms with Gasteiger partial charge in [-0.25, -0.2) is 0 Å². The summed E-state index contributed by atoms with van der Waals surface area (Å²) in [4.78, 5) is 22.5. The van der Waals surface area contributed by atoms with Gasteiger partial charge in [0.15, 0.2) is 0 Å². The van der Waals surface area contributed by atoms with Crippen LogP contribution in [0.4, 0.5) is 0 Å². The molecule has 0 amide bonds. The Morgan fingerprint density at radius 3 is 2.48 bits per heavy atom. The van der Waals surface area contributed by atoms with Crippen LogP contribution in [0.15, 0.2) is 11.1 Å². The Balaban J connectivity index is 2.18. The lowest BCUT2D eigenvalue weighted by atomic mass is 9.81. The van der Waals surface area contributed by atoms with E-state index in [1.807, 2.05) is 13.8 Å². The van der Waals surface area contributed by atoms with Crippen molar-refractivity contribution in [2.45, 2.75) is 59.5 Å². The predicted octanol–water partition coefficient (Wildman–Crippen LogP) is 2.62. The fourth-order valence-corrected chi connectivity index (χ4v) is 4.07. The Kier molecular flexibility index (Phi) is 4.90. The zero-order valence-electron chi connectivity index (χ0n) is 14.8. The summed E-state index contributed by atoms with van der Waals surface area (Å²) in [5.41, 5.74) is 1.68. The molecule has 1 fully saturated rings. The van der Waals surface area contributed by atoms with Crippen LogP contribution in [0, 0.1) is 17.3 Å². The fraction of sp³-hybridized carbons (Fsp3) is 0.778. The molecular formula is C18H28O5. The molecule has 0 aliphatic heterocycles. The first-order valence-corrected chi connectivity index (χ1v) is 8.26. The average Bonchev–Trinajstić information content (AvgIpc) is 3.01. The van der Waals surface area contributed by atoms with Crippen LogP contribution in [0.3, 0.4) is 0 Å². The number of allylic oxidation sites excluding steroid dienone is 1. The second kappa shape index (κ2) is 6.27. The van der Waals surface area contributed by atoms with Crippen LogP contribution < -0.4 is 0 Å². The minimum Gasteiger partial charge on any atom is -0.465 e. The molecule has 0 aromatic heterocycles. The number of hydrogen-bond donors (Lipinski definition) is 1. The highest BCUT2D eigenvalue weighted by Crippen LogP contribution is 2.62. The summed E-state index contributed by atoms with van der Waals surface area (Å²) in [6.07, 6.45) is 2.75. The van der Waals surface area contributed by atoms with Crippen molar-refractivity contribution in [2.24, 2.45) is 17.3 Å². The fourth-order valence-electron chi connectivity index (χ4n) is 4.07. The first-order valence-electron chi connectivity index (χ1n) is 8.26. The molecule has 2 rings (SSSR count). The SMILES string of the molecule is CC(=O)OCC1(CO)C[C@H]1C1=C(C)CC[C@@H]1C(C)(C)OC(C)=O. The summed E-state index contributed by atoms with van der Waals surface area (Å²) in [7, 11) is 0. The second-order valence-electron chi connectivity index (χ2n) is 7.58. The van der Waals surface area contributed by atoms with E-state index >= 15 is 0 Å². The van der Waals surface area contributed by atoms with Gasteiger partial charge in [-0.3, -0.25) is 9.59 Å². The number of aliphatic hydroxyl groups excluding tert-OH is 1. The summed E-state index contributed by atoms with van der Waals surface area (Å²) >= 11 is 0. The summed E-state index contributed by atoms with van der Waals surface area (Å²) < 4.78 is 10.7. The molecule has 23 heavy (non-hydrogen) atoms. The van der Waals surface area contributed by atoms with Crippen LogP contribution in [-0.2, 0) is 19.1 Å². The van der Waals surface area contributed by atoms with E-state index in [4.69, 9.17) is 9.47 Å². The number of ether oxygens (including phenoxy) is 2. The molecule has 130 valence electrons. The van der Waals surface area contributed by atoms with Crippen LogP contribution in [0.1, 0.15) is 53.9 Å². The number of aliphatic hydroxyl groups is 1. The van der Waals surface area contributed by atoms with E-state index in [9.17, 15) is 14.7 Å². The van der Waals surface area contributed by atoms with Crippen LogP contribution in [0.2, 0.25) is 0 Å². The van der Waals surface area contributed by atoms with Gasteiger partial charge in [-0.2, -0.15) is 0 Å². The molecule has 1 saturated carbocycles. The van der Waals surface area contributed by atoms with E-state index in [-0.39, 0.29) is 42.4 Å². The molecule has 0 bridgehead atoms. The lowest BCUT2D eigenvalue weighted by Gasteiger charge is -2.34. The van der Waals surface area contributed by atoms with E-state index in [2.05, 4.69) is 6.92 Å². The first-order chi connectivity index (χ1) is 10.6. The third kappa shape index (κ3) is 3.60. The molecule has 0 saturated heterocycles. The van der Waals surface area contributed by atoms with E-state index in [0.717, 1.165) is 19.3 Å². The normalized spacial score (nSPS) is 30.3. The van der Waals surface area contributed by atoms with E-state index in [1.54, 1.807) is 0 Å². The van der Waals surface area contributed by atoms with Crippen LogP contribution in [-0.4, -0.2) is 35.9 Å². The molecular weight excluding hydrogens is 296 g/mol. The highest BCUT2D eigenvalue weighted by molar-refractivity contribution is 5.66. The van der Waals surface area contributed by atoms with Crippen LogP contribution in [0.25, 0.3) is 0 Å². The number of hydrogen-bond acceptors (Lipinski definition) is 5. The van der Waals surface area contributed by atoms with Crippen molar-refractivity contribution in [3.63, 3.8) is 0 Å². The molecule has 5 nitrogen and oxygen atoms in total. The summed E-state index contributed by atoms with van der Waals surface area (Å²) in [6.45, 7) is 9.09. The van der Waals surface area contributed by atoms with Gasteiger partial charge in [-0.1, -0.05) is 11.1 Å². The van der Waals surface area contributed by atoms with E-state index in [0.29, 0.717) is 0 Å². The zero-order valence-corrected chi connectivity index (χ0v) is 14.8. The van der Waals surface area contributed by atoms with Gasteiger partial charge in [-0.05, 0) is 46.0 Å². The second-order valence-corrected chi connectivity index (χ2v) is 7.58. The van der Waals surface area contributed by atoms with Gasteiger partial charge in [0.2, 0.25) is 0 Å². The average molecular weight is 324 g/mol. The Hall–Kier alpha value is -1.36. The molecule has 1 N–H and O–H groups in total. The van der Waals surface area contributed by atoms with Gasteiger partial charge >= 0.3 is 11.9 Å². The number of carbonyl (C=O) groups excluding carboxylic acids is 2. The summed E-state index contributed by atoms with van der Waals surface area (Å²) in [5.74, 6) is -0.239. The molecule has 3 atom stereocenters. The van der Waals surface area contributed by atoms with Gasteiger partial charge < -0.3 is 14.6 Å². The van der Waals surface area contributed by atoms with Gasteiger partial charge in [0.1, 0.15) is 5.60 Å². The third-order valence-corrected chi connectivity index (χ3v) is 5.37. The van der Waals surface area contributed by atoms with Crippen molar-refractivity contribution in [3.8, 4) is 0 Å². The van der Waals surface area contributed by atoms with Crippen molar-refractivity contribution < 1.29 is 24.2 Å². The van der Waals surface area contributed by atoms with Gasteiger partial charge in [0, 0.05) is 25.2 Å². The maximum atomic E-state index is 11.4. The number of carbonyl (C=O) groups is 2. The molecule has 0 aromatic carbocycles. The van der Waals surface area contributed by atoms with Crippen molar-refractivity contribution in [2.75, 3.05) is 13.2 Å². The quantitative estimate of drug-likeness (QED) is 0.600. The Morgan fingerprint density at radius 1 is 1.30 bits per heavy atom. The maximum absolute atomic E-state index is 11.4. The topological polar surface area (TPSA) is 72.8 Å².